The van der Waals surface area contributed by atoms with E-state index in [1.165, 1.54) is 5.56 Å². The Bertz CT molecular complexity index is 1180. The van der Waals surface area contributed by atoms with Crippen LogP contribution in [0, 0.1) is 12.3 Å². The number of amides is 2. The van der Waals surface area contributed by atoms with Gasteiger partial charge in [0.2, 0.25) is 5.78 Å². The lowest BCUT2D eigenvalue weighted by atomic mass is 9.79. The van der Waals surface area contributed by atoms with Crippen LogP contribution in [0.4, 0.5) is 4.79 Å². The Morgan fingerprint density at radius 1 is 1.15 bits per heavy atom. The third kappa shape index (κ3) is 4.95. The van der Waals surface area contributed by atoms with E-state index in [1.807, 2.05) is 46.8 Å². The standard InChI is InChI=1S/C24H28Cl2N6O/c1-17-10-27-22-29-19(14-32(22)12-17)11-28-23(33)31-7-2-5-24(16-31)6-8-30(15-24)13-18-3-4-20(25)21(26)9-18/h3-4,9-10,12,14H,2,5-8,11,13,15-16H2,1H3,(H,28,33). The van der Waals surface area contributed by atoms with Crippen LogP contribution < -0.4 is 5.32 Å². The molecule has 2 saturated heterocycles. The normalized spacial score (nSPS) is 21.2. The first-order valence-corrected chi connectivity index (χ1v) is 12.1. The number of urea groups is 1. The molecule has 174 valence electrons. The second-order valence-corrected chi connectivity index (χ2v) is 10.3. The van der Waals surface area contributed by atoms with Gasteiger partial charge >= 0.3 is 6.03 Å². The van der Waals surface area contributed by atoms with E-state index in [0.717, 1.165) is 63.2 Å². The van der Waals surface area contributed by atoms with Gasteiger partial charge in [-0.3, -0.25) is 9.30 Å². The van der Waals surface area contributed by atoms with Crippen LogP contribution in [0.2, 0.25) is 10.0 Å². The lowest BCUT2D eigenvalue weighted by Crippen LogP contribution is -2.50. The number of aromatic nitrogens is 3. The van der Waals surface area contributed by atoms with Crippen molar-refractivity contribution in [2.75, 3.05) is 26.2 Å². The predicted molar refractivity (Wildman–Crippen MR) is 130 cm³/mol. The van der Waals surface area contributed by atoms with E-state index in [2.05, 4.69) is 20.2 Å². The maximum absolute atomic E-state index is 12.9. The van der Waals surface area contributed by atoms with Crippen molar-refractivity contribution in [3.8, 4) is 0 Å². The van der Waals surface area contributed by atoms with Gasteiger partial charge in [0.05, 0.1) is 22.3 Å². The van der Waals surface area contributed by atoms with Crippen molar-refractivity contribution in [2.24, 2.45) is 5.41 Å². The predicted octanol–water partition coefficient (Wildman–Crippen LogP) is 4.54. The topological polar surface area (TPSA) is 65.8 Å². The Morgan fingerprint density at radius 3 is 2.88 bits per heavy atom. The number of nitrogens with zero attached hydrogens (tertiary/aromatic N) is 5. The molecular weight excluding hydrogens is 459 g/mol. The third-order valence-corrected chi connectivity index (χ3v) is 7.50. The molecule has 0 aliphatic carbocycles. The molecule has 2 aromatic heterocycles. The summed E-state index contributed by atoms with van der Waals surface area (Å²) in [7, 11) is 0. The Balaban J connectivity index is 1.17. The number of aryl methyl sites for hydroxylation is 1. The molecule has 2 aliphatic heterocycles. The minimum absolute atomic E-state index is 0.0156. The van der Waals surface area contributed by atoms with Gasteiger partial charge in [-0.15, -0.1) is 0 Å². The first-order valence-electron chi connectivity index (χ1n) is 11.4. The van der Waals surface area contributed by atoms with Crippen molar-refractivity contribution in [1.82, 2.24) is 29.5 Å². The summed E-state index contributed by atoms with van der Waals surface area (Å²) in [6.07, 6.45) is 9.00. The number of carbonyl (C=O) groups is 1. The second-order valence-electron chi connectivity index (χ2n) is 9.46. The summed E-state index contributed by atoms with van der Waals surface area (Å²) in [5.74, 6) is 0.648. The van der Waals surface area contributed by atoms with Gasteiger partial charge in [-0.2, -0.15) is 0 Å². The lowest BCUT2D eigenvalue weighted by molar-refractivity contribution is 0.107. The van der Waals surface area contributed by atoms with Crippen LogP contribution in [-0.4, -0.2) is 56.4 Å². The number of likely N-dealkylation sites (tertiary alicyclic amines) is 2. The van der Waals surface area contributed by atoms with Crippen LogP contribution in [0.25, 0.3) is 5.78 Å². The molecule has 0 radical (unpaired) electrons. The monoisotopic (exact) mass is 486 g/mol. The summed E-state index contributed by atoms with van der Waals surface area (Å²) in [6.45, 7) is 6.86. The number of halogens is 2. The van der Waals surface area contributed by atoms with E-state index < -0.39 is 0 Å². The highest BCUT2D eigenvalue weighted by atomic mass is 35.5. The van der Waals surface area contributed by atoms with Gasteiger partial charge in [-0.1, -0.05) is 29.3 Å². The molecule has 1 N–H and O–H groups in total. The highest BCUT2D eigenvalue weighted by Crippen LogP contribution is 2.39. The second kappa shape index (κ2) is 9.12. The van der Waals surface area contributed by atoms with Gasteiger partial charge in [0.15, 0.2) is 0 Å². The van der Waals surface area contributed by atoms with Crippen molar-refractivity contribution >= 4 is 35.0 Å². The lowest BCUT2D eigenvalue weighted by Gasteiger charge is -2.40. The first kappa shape index (κ1) is 22.4. The molecule has 1 unspecified atom stereocenters. The summed E-state index contributed by atoms with van der Waals surface area (Å²) in [5, 5.41) is 4.24. The maximum atomic E-state index is 12.9. The van der Waals surface area contributed by atoms with E-state index in [4.69, 9.17) is 23.2 Å². The number of imidazole rings is 1. The van der Waals surface area contributed by atoms with E-state index in [-0.39, 0.29) is 11.4 Å². The number of carbonyl (C=O) groups excluding carboxylic acids is 1. The van der Waals surface area contributed by atoms with Gasteiger partial charge in [-0.25, -0.2) is 14.8 Å². The molecule has 33 heavy (non-hydrogen) atoms. The molecule has 0 bridgehead atoms. The number of nitrogens with one attached hydrogen (secondary N) is 1. The van der Waals surface area contributed by atoms with Crippen molar-refractivity contribution < 1.29 is 4.79 Å². The molecule has 2 aliphatic rings. The van der Waals surface area contributed by atoms with E-state index >= 15 is 0 Å². The number of hydrogen-bond acceptors (Lipinski definition) is 4. The average molecular weight is 487 g/mol. The zero-order valence-electron chi connectivity index (χ0n) is 18.7. The molecule has 0 saturated carbocycles. The third-order valence-electron chi connectivity index (χ3n) is 6.77. The minimum atomic E-state index is -0.0156. The number of piperidine rings is 1. The highest BCUT2D eigenvalue weighted by Gasteiger charge is 2.42. The quantitative estimate of drug-likeness (QED) is 0.587. The van der Waals surface area contributed by atoms with Crippen molar-refractivity contribution in [2.45, 2.75) is 39.3 Å². The van der Waals surface area contributed by atoms with Crippen LogP contribution >= 0.6 is 23.2 Å². The molecule has 1 spiro atoms. The summed E-state index contributed by atoms with van der Waals surface area (Å²) < 4.78 is 1.90. The van der Waals surface area contributed by atoms with Gasteiger partial charge in [0.1, 0.15) is 0 Å². The summed E-state index contributed by atoms with van der Waals surface area (Å²) in [4.78, 5) is 26.2. The fraction of sp³-hybridized carbons (Fsp3) is 0.458. The number of hydrogen-bond donors (Lipinski definition) is 1. The Hall–Kier alpha value is -2.35. The Morgan fingerprint density at radius 2 is 2.03 bits per heavy atom. The molecular formula is C24H28Cl2N6O. The molecule has 5 rings (SSSR count). The minimum Gasteiger partial charge on any atom is -0.332 e. The van der Waals surface area contributed by atoms with Gasteiger partial charge in [-0.05, 0) is 56.0 Å². The zero-order chi connectivity index (χ0) is 23.0. The van der Waals surface area contributed by atoms with Crippen LogP contribution in [0.3, 0.4) is 0 Å². The average Bonchev–Trinajstić information content (AvgIpc) is 3.37. The number of benzene rings is 1. The van der Waals surface area contributed by atoms with E-state index in [0.29, 0.717) is 22.4 Å². The molecule has 7 nitrogen and oxygen atoms in total. The highest BCUT2D eigenvalue weighted by molar-refractivity contribution is 6.42. The zero-order valence-corrected chi connectivity index (χ0v) is 20.2. The van der Waals surface area contributed by atoms with Crippen molar-refractivity contribution in [1.29, 1.82) is 0 Å². The van der Waals surface area contributed by atoms with Crippen LogP contribution in [-0.2, 0) is 13.1 Å². The Kier molecular flexibility index (Phi) is 6.20. The maximum Gasteiger partial charge on any atom is 0.317 e. The summed E-state index contributed by atoms with van der Waals surface area (Å²) in [6, 6.07) is 5.83. The van der Waals surface area contributed by atoms with Gasteiger partial charge in [0, 0.05) is 50.2 Å². The van der Waals surface area contributed by atoms with Crippen molar-refractivity contribution in [3.05, 3.63) is 63.7 Å². The molecule has 3 aromatic rings. The molecule has 2 amide bonds. The summed E-state index contributed by atoms with van der Waals surface area (Å²) >= 11 is 12.2. The van der Waals surface area contributed by atoms with Crippen molar-refractivity contribution in [3.63, 3.8) is 0 Å². The van der Waals surface area contributed by atoms with E-state index in [9.17, 15) is 4.79 Å². The molecule has 9 heteroatoms. The smallest absolute Gasteiger partial charge is 0.317 e. The fourth-order valence-electron chi connectivity index (χ4n) is 5.17. The molecule has 1 atom stereocenters. The van der Waals surface area contributed by atoms with Crippen LogP contribution in [0.15, 0.2) is 36.8 Å². The van der Waals surface area contributed by atoms with Crippen LogP contribution in [0.1, 0.15) is 36.1 Å². The fourth-order valence-corrected chi connectivity index (χ4v) is 5.49. The van der Waals surface area contributed by atoms with Crippen LogP contribution in [0.5, 0.6) is 0 Å². The molecule has 2 fully saturated rings. The molecule has 4 heterocycles. The van der Waals surface area contributed by atoms with Gasteiger partial charge in [0.25, 0.3) is 0 Å². The number of rotatable bonds is 4. The summed E-state index contributed by atoms with van der Waals surface area (Å²) in [5.41, 5.74) is 3.21. The largest absolute Gasteiger partial charge is 0.332 e. The number of fused-ring (bicyclic) bond motifs is 1. The first-order chi connectivity index (χ1) is 15.9. The molecule has 1 aromatic carbocycles. The Labute approximate surface area is 203 Å². The van der Waals surface area contributed by atoms with E-state index in [1.54, 1.807) is 6.20 Å². The van der Waals surface area contributed by atoms with Gasteiger partial charge < -0.3 is 10.2 Å². The SMILES string of the molecule is Cc1cnc2nc(CNC(=O)N3CCCC4(CCN(Cc5ccc(Cl)c(Cl)c5)C4)C3)cn2c1.